The zero-order chi connectivity index (χ0) is 13.0. The topological polar surface area (TPSA) is 63.4 Å². The Balaban J connectivity index is 2.86. The lowest BCUT2D eigenvalue weighted by Crippen LogP contribution is -2.14. The lowest BCUT2D eigenvalue weighted by atomic mass is 9.99. The zero-order valence-electron chi connectivity index (χ0n) is 9.89. The summed E-state index contributed by atoms with van der Waals surface area (Å²) in [4.78, 5) is 10.4. The number of benzene rings is 1. The molecule has 0 fully saturated rings. The van der Waals surface area contributed by atoms with Gasteiger partial charge >= 0.3 is 0 Å². The van der Waals surface area contributed by atoms with Gasteiger partial charge in [0, 0.05) is 23.1 Å². The lowest BCUT2D eigenvalue weighted by molar-refractivity contribution is -0.385. The molecule has 0 spiro atoms. The first-order chi connectivity index (χ1) is 7.90. The van der Waals surface area contributed by atoms with Crippen molar-refractivity contribution in [3.05, 3.63) is 38.9 Å². The van der Waals surface area contributed by atoms with Gasteiger partial charge in [0.25, 0.3) is 5.69 Å². The summed E-state index contributed by atoms with van der Waals surface area (Å²) in [6.45, 7) is 4.00. The van der Waals surface area contributed by atoms with Crippen LogP contribution in [0.25, 0.3) is 0 Å². The fraction of sp³-hybridized carbons (Fsp3) is 0.500. The molecule has 17 heavy (non-hydrogen) atoms. The van der Waals surface area contributed by atoms with Crippen molar-refractivity contribution in [2.45, 2.75) is 32.8 Å². The molecule has 0 aliphatic rings. The summed E-state index contributed by atoms with van der Waals surface area (Å²) < 4.78 is 0. The Morgan fingerprint density at radius 2 is 2.12 bits per heavy atom. The van der Waals surface area contributed by atoms with Crippen LogP contribution < -0.4 is 0 Å². The van der Waals surface area contributed by atoms with E-state index in [2.05, 4.69) is 0 Å². The van der Waals surface area contributed by atoms with Crippen molar-refractivity contribution in [1.82, 2.24) is 0 Å². The maximum Gasteiger partial charge on any atom is 0.274 e. The van der Waals surface area contributed by atoms with Crippen molar-refractivity contribution >= 4 is 17.3 Å². The fourth-order valence-electron chi connectivity index (χ4n) is 1.76. The van der Waals surface area contributed by atoms with Gasteiger partial charge in [0.2, 0.25) is 0 Å². The van der Waals surface area contributed by atoms with E-state index in [1.165, 1.54) is 6.07 Å². The minimum absolute atomic E-state index is 0.0275. The third-order valence-corrected chi connectivity index (χ3v) is 2.68. The summed E-state index contributed by atoms with van der Waals surface area (Å²) in [5.41, 5.74) is 0.493. The standard InChI is InChI=1S/C12H16ClNO3/c1-8(2)5-11(15)6-9-3-4-10(13)7-12(9)14(16)17/h3-4,7-8,11,15H,5-6H2,1-2H3. The van der Waals surface area contributed by atoms with Crippen molar-refractivity contribution < 1.29 is 10.0 Å². The SMILES string of the molecule is CC(C)CC(O)Cc1ccc(Cl)cc1[N+](=O)[O-]. The molecule has 94 valence electrons. The molecule has 0 aliphatic heterocycles. The van der Waals surface area contributed by atoms with Gasteiger partial charge in [0.05, 0.1) is 11.0 Å². The quantitative estimate of drug-likeness (QED) is 0.651. The first-order valence-corrected chi connectivity index (χ1v) is 5.88. The highest BCUT2D eigenvalue weighted by molar-refractivity contribution is 6.30. The number of aliphatic hydroxyl groups is 1. The molecule has 1 unspecified atom stereocenters. The lowest BCUT2D eigenvalue weighted by Gasteiger charge is -2.13. The van der Waals surface area contributed by atoms with Crippen LogP contribution in [-0.4, -0.2) is 16.1 Å². The van der Waals surface area contributed by atoms with Gasteiger partial charge in [0.15, 0.2) is 0 Å². The molecular weight excluding hydrogens is 242 g/mol. The van der Waals surface area contributed by atoms with Crippen molar-refractivity contribution in [2.24, 2.45) is 5.92 Å². The van der Waals surface area contributed by atoms with Crippen LogP contribution in [0.5, 0.6) is 0 Å². The Kier molecular flexibility index (Phi) is 4.90. The third kappa shape index (κ3) is 4.32. The molecular formula is C12H16ClNO3. The molecule has 0 bridgehead atoms. The van der Waals surface area contributed by atoms with Gasteiger partial charge in [-0.1, -0.05) is 31.5 Å². The number of nitro benzene ring substituents is 1. The summed E-state index contributed by atoms with van der Waals surface area (Å²) in [7, 11) is 0. The molecule has 4 nitrogen and oxygen atoms in total. The summed E-state index contributed by atoms with van der Waals surface area (Å²) in [6.07, 6.45) is 0.348. The number of nitro groups is 1. The van der Waals surface area contributed by atoms with E-state index in [9.17, 15) is 15.2 Å². The fourth-order valence-corrected chi connectivity index (χ4v) is 1.93. The second kappa shape index (κ2) is 5.98. The predicted molar refractivity (Wildman–Crippen MR) is 67.3 cm³/mol. The minimum Gasteiger partial charge on any atom is -0.393 e. The first-order valence-electron chi connectivity index (χ1n) is 5.51. The average Bonchev–Trinajstić information content (AvgIpc) is 2.19. The van der Waals surface area contributed by atoms with Gasteiger partial charge in [0.1, 0.15) is 0 Å². The molecule has 0 saturated heterocycles. The second-order valence-electron chi connectivity index (χ2n) is 4.52. The monoisotopic (exact) mass is 257 g/mol. The van der Waals surface area contributed by atoms with Crippen LogP contribution in [0.1, 0.15) is 25.8 Å². The Morgan fingerprint density at radius 1 is 1.47 bits per heavy atom. The van der Waals surface area contributed by atoms with E-state index in [0.717, 1.165) is 0 Å². The van der Waals surface area contributed by atoms with Gasteiger partial charge in [-0.05, 0) is 18.4 Å². The largest absolute Gasteiger partial charge is 0.393 e. The van der Waals surface area contributed by atoms with Crippen molar-refractivity contribution in [2.75, 3.05) is 0 Å². The summed E-state index contributed by atoms with van der Waals surface area (Å²) in [5.74, 6) is 0.358. The van der Waals surface area contributed by atoms with E-state index in [1.807, 2.05) is 13.8 Å². The van der Waals surface area contributed by atoms with Gasteiger partial charge in [-0.25, -0.2) is 0 Å². The van der Waals surface area contributed by atoms with E-state index in [0.29, 0.717) is 22.9 Å². The molecule has 0 saturated carbocycles. The molecule has 1 atom stereocenters. The average molecular weight is 258 g/mol. The number of rotatable bonds is 5. The normalized spacial score (nSPS) is 12.8. The number of hydrogen-bond acceptors (Lipinski definition) is 3. The molecule has 1 rings (SSSR count). The van der Waals surface area contributed by atoms with Crippen LogP contribution in [0.4, 0.5) is 5.69 Å². The van der Waals surface area contributed by atoms with Crippen molar-refractivity contribution in [3.8, 4) is 0 Å². The predicted octanol–water partition coefficient (Wildman–Crippen LogP) is 3.20. The van der Waals surface area contributed by atoms with E-state index >= 15 is 0 Å². The van der Waals surface area contributed by atoms with E-state index in [-0.39, 0.29) is 12.1 Å². The third-order valence-electron chi connectivity index (χ3n) is 2.44. The van der Waals surface area contributed by atoms with Gasteiger partial charge in [-0.15, -0.1) is 0 Å². The number of halogens is 1. The molecule has 0 heterocycles. The number of hydrogen-bond donors (Lipinski definition) is 1. The highest BCUT2D eigenvalue weighted by Gasteiger charge is 2.17. The number of aliphatic hydroxyl groups excluding tert-OH is 1. The maximum atomic E-state index is 10.8. The van der Waals surface area contributed by atoms with Crippen LogP contribution in [0.2, 0.25) is 5.02 Å². The van der Waals surface area contributed by atoms with Crippen LogP contribution >= 0.6 is 11.6 Å². The van der Waals surface area contributed by atoms with E-state index in [1.54, 1.807) is 12.1 Å². The Labute approximate surface area is 105 Å². The van der Waals surface area contributed by atoms with E-state index in [4.69, 9.17) is 11.6 Å². The molecule has 1 aromatic carbocycles. The Hall–Kier alpha value is -1.13. The van der Waals surface area contributed by atoms with Crippen molar-refractivity contribution in [3.63, 3.8) is 0 Å². The maximum absolute atomic E-state index is 10.8. The van der Waals surface area contributed by atoms with Crippen LogP contribution in [0.3, 0.4) is 0 Å². The summed E-state index contributed by atoms with van der Waals surface area (Å²) in [6, 6.07) is 4.52. The second-order valence-corrected chi connectivity index (χ2v) is 4.95. The first kappa shape index (κ1) is 13.9. The smallest absolute Gasteiger partial charge is 0.274 e. The molecule has 5 heteroatoms. The van der Waals surface area contributed by atoms with Gasteiger partial charge in [-0.3, -0.25) is 10.1 Å². The highest BCUT2D eigenvalue weighted by Crippen LogP contribution is 2.25. The molecule has 0 amide bonds. The molecule has 0 radical (unpaired) electrons. The summed E-state index contributed by atoms with van der Waals surface area (Å²) >= 11 is 5.71. The Morgan fingerprint density at radius 3 is 2.65 bits per heavy atom. The van der Waals surface area contributed by atoms with Crippen LogP contribution in [-0.2, 0) is 6.42 Å². The minimum atomic E-state index is -0.560. The molecule has 1 aromatic rings. The van der Waals surface area contributed by atoms with Gasteiger partial charge < -0.3 is 5.11 Å². The summed E-state index contributed by atoms with van der Waals surface area (Å²) in [5, 5.41) is 21.0. The van der Waals surface area contributed by atoms with Gasteiger partial charge in [-0.2, -0.15) is 0 Å². The molecule has 1 N–H and O–H groups in total. The van der Waals surface area contributed by atoms with Crippen LogP contribution in [0.15, 0.2) is 18.2 Å². The highest BCUT2D eigenvalue weighted by atomic mass is 35.5. The molecule has 0 aliphatic carbocycles. The zero-order valence-corrected chi connectivity index (χ0v) is 10.6. The Bertz CT molecular complexity index is 407. The van der Waals surface area contributed by atoms with E-state index < -0.39 is 11.0 Å². The van der Waals surface area contributed by atoms with Crippen molar-refractivity contribution in [1.29, 1.82) is 0 Å². The molecule has 0 aromatic heterocycles. The number of nitrogens with zero attached hydrogens (tertiary/aromatic N) is 1. The van der Waals surface area contributed by atoms with Crippen LogP contribution in [0, 0.1) is 16.0 Å².